The second kappa shape index (κ2) is 4.84. The van der Waals surface area contributed by atoms with E-state index in [1.165, 1.54) is 5.56 Å². The number of amides is 1. The molecule has 1 amide bonds. The van der Waals surface area contributed by atoms with Gasteiger partial charge in [-0.25, -0.2) is 0 Å². The number of carbonyl (C=O) groups is 1. The van der Waals surface area contributed by atoms with Crippen LogP contribution in [0.2, 0.25) is 0 Å². The molecule has 84 valence electrons. The molecule has 16 heavy (non-hydrogen) atoms. The van der Waals surface area contributed by atoms with Gasteiger partial charge in [-0.3, -0.25) is 4.79 Å². The van der Waals surface area contributed by atoms with Crippen LogP contribution >= 0.6 is 0 Å². The summed E-state index contributed by atoms with van der Waals surface area (Å²) in [5.41, 5.74) is 1.18. The van der Waals surface area contributed by atoms with Crippen LogP contribution in [-0.2, 0) is 11.2 Å². The Bertz CT molecular complexity index is 401. The number of benzene rings is 1. The molecule has 0 unspecified atom stereocenters. The number of carbonyl (C=O) groups excluding carboxylic acids is 1. The van der Waals surface area contributed by atoms with Gasteiger partial charge in [0.15, 0.2) is 6.10 Å². The Morgan fingerprint density at radius 3 is 3.19 bits per heavy atom. The van der Waals surface area contributed by atoms with Gasteiger partial charge in [-0.1, -0.05) is 24.3 Å². The monoisotopic (exact) mass is 217 g/mol. The highest BCUT2D eigenvalue weighted by atomic mass is 16.5. The second-order valence-corrected chi connectivity index (χ2v) is 3.79. The lowest BCUT2D eigenvalue weighted by Crippen LogP contribution is -2.40. The van der Waals surface area contributed by atoms with Crippen molar-refractivity contribution in [3.63, 3.8) is 0 Å². The lowest BCUT2D eigenvalue weighted by molar-refractivity contribution is -0.128. The SMILES string of the molecule is C=CCNC(=O)[C@@H]1CCc2ccccc2O1. The molecule has 1 N–H and O–H groups in total. The zero-order valence-corrected chi connectivity index (χ0v) is 9.11. The first kappa shape index (κ1) is 10.7. The quantitative estimate of drug-likeness (QED) is 0.782. The molecule has 2 rings (SSSR count). The minimum atomic E-state index is -0.366. The molecule has 1 atom stereocenters. The molecule has 1 aromatic carbocycles. The average molecular weight is 217 g/mol. The van der Waals surface area contributed by atoms with Gasteiger partial charge in [0.2, 0.25) is 0 Å². The Labute approximate surface area is 95.1 Å². The largest absolute Gasteiger partial charge is 0.480 e. The van der Waals surface area contributed by atoms with Gasteiger partial charge in [-0.2, -0.15) is 0 Å². The lowest BCUT2D eigenvalue weighted by Gasteiger charge is -2.24. The van der Waals surface area contributed by atoms with E-state index in [-0.39, 0.29) is 12.0 Å². The molecule has 0 saturated heterocycles. The summed E-state index contributed by atoms with van der Waals surface area (Å²) >= 11 is 0. The summed E-state index contributed by atoms with van der Waals surface area (Å²) in [7, 11) is 0. The predicted molar refractivity (Wildman–Crippen MR) is 62.4 cm³/mol. The van der Waals surface area contributed by atoms with Crippen molar-refractivity contribution in [3.05, 3.63) is 42.5 Å². The molecular formula is C13H15NO2. The minimum absolute atomic E-state index is 0.0607. The maximum absolute atomic E-state index is 11.7. The normalized spacial score (nSPS) is 18.1. The first-order valence-electron chi connectivity index (χ1n) is 5.44. The predicted octanol–water partition coefficient (Wildman–Crippen LogP) is 1.68. The van der Waals surface area contributed by atoms with Crippen LogP contribution in [-0.4, -0.2) is 18.6 Å². The van der Waals surface area contributed by atoms with Crippen LogP contribution in [0.15, 0.2) is 36.9 Å². The van der Waals surface area contributed by atoms with E-state index in [1.807, 2.05) is 24.3 Å². The lowest BCUT2D eigenvalue weighted by atomic mass is 10.0. The summed E-state index contributed by atoms with van der Waals surface area (Å²) in [5, 5.41) is 2.75. The molecule has 0 bridgehead atoms. The Balaban J connectivity index is 2.02. The molecule has 0 saturated carbocycles. The van der Waals surface area contributed by atoms with Crippen molar-refractivity contribution in [2.75, 3.05) is 6.54 Å². The average Bonchev–Trinajstić information content (AvgIpc) is 2.35. The molecule has 3 heteroatoms. The topological polar surface area (TPSA) is 38.3 Å². The second-order valence-electron chi connectivity index (χ2n) is 3.79. The summed E-state index contributed by atoms with van der Waals surface area (Å²) in [4.78, 5) is 11.7. The summed E-state index contributed by atoms with van der Waals surface area (Å²) in [5.74, 6) is 0.766. The Morgan fingerprint density at radius 2 is 2.38 bits per heavy atom. The van der Waals surface area contributed by atoms with Gasteiger partial charge in [0.1, 0.15) is 5.75 Å². The molecule has 1 aliphatic heterocycles. The third kappa shape index (κ3) is 2.24. The van der Waals surface area contributed by atoms with E-state index < -0.39 is 0 Å². The van der Waals surface area contributed by atoms with Crippen molar-refractivity contribution in [1.29, 1.82) is 0 Å². The van der Waals surface area contributed by atoms with E-state index >= 15 is 0 Å². The Morgan fingerprint density at radius 1 is 1.56 bits per heavy atom. The number of hydrogen-bond donors (Lipinski definition) is 1. The molecular weight excluding hydrogens is 202 g/mol. The minimum Gasteiger partial charge on any atom is -0.480 e. The standard InChI is InChI=1S/C13H15NO2/c1-2-9-14-13(15)12-8-7-10-5-3-4-6-11(10)16-12/h2-6,12H,1,7-9H2,(H,14,15)/t12-/m0/s1. The van der Waals surface area contributed by atoms with Crippen molar-refractivity contribution >= 4 is 5.91 Å². The van der Waals surface area contributed by atoms with Crippen molar-refractivity contribution in [2.45, 2.75) is 18.9 Å². The summed E-state index contributed by atoms with van der Waals surface area (Å²) in [6, 6.07) is 7.85. The fourth-order valence-electron chi connectivity index (χ4n) is 1.80. The van der Waals surface area contributed by atoms with E-state index in [0.717, 1.165) is 18.6 Å². The number of aryl methyl sites for hydroxylation is 1. The van der Waals surface area contributed by atoms with E-state index in [4.69, 9.17) is 4.74 Å². The molecule has 0 aromatic heterocycles. The van der Waals surface area contributed by atoms with Crippen LogP contribution < -0.4 is 10.1 Å². The summed E-state index contributed by atoms with van der Waals surface area (Å²) < 4.78 is 5.64. The first-order chi connectivity index (χ1) is 7.81. The van der Waals surface area contributed by atoms with Crippen LogP contribution in [0.3, 0.4) is 0 Å². The molecule has 1 aromatic rings. The van der Waals surface area contributed by atoms with E-state index in [1.54, 1.807) is 6.08 Å². The number of nitrogens with one attached hydrogen (secondary N) is 1. The van der Waals surface area contributed by atoms with Gasteiger partial charge in [0.25, 0.3) is 5.91 Å². The molecule has 1 heterocycles. The smallest absolute Gasteiger partial charge is 0.261 e. The van der Waals surface area contributed by atoms with Crippen molar-refractivity contribution < 1.29 is 9.53 Å². The van der Waals surface area contributed by atoms with Gasteiger partial charge in [0.05, 0.1) is 0 Å². The number of hydrogen-bond acceptors (Lipinski definition) is 2. The highest BCUT2D eigenvalue weighted by Gasteiger charge is 2.25. The fraction of sp³-hybridized carbons (Fsp3) is 0.308. The first-order valence-corrected chi connectivity index (χ1v) is 5.44. The summed E-state index contributed by atoms with van der Waals surface area (Å²) in [6.45, 7) is 4.04. The van der Waals surface area contributed by atoms with Gasteiger partial charge in [0, 0.05) is 6.54 Å². The Kier molecular flexibility index (Phi) is 3.25. The Hall–Kier alpha value is -1.77. The molecule has 1 aliphatic rings. The number of rotatable bonds is 3. The van der Waals surface area contributed by atoms with Crippen molar-refractivity contribution in [3.8, 4) is 5.75 Å². The van der Waals surface area contributed by atoms with Crippen LogP contribution in [0, 0.1) is 0 Å². The number of fused-ring (bicyclic) bond motifs is 1. The molecule has 0 aliphatic carbocycles. The van der Waals surface area contributed by atoms with E-state index in [9.17, 15) is 4.79 Å². The molecule has 0 fully saturated rings. The van der Waals surface area contributed by atoms with Crippen molar-refractivity contribution in [2.24, 2.45) is 0 Å². The molecule has 0 radical (unpaired) electrons. The fourth-order valence-corrected chi connectivity index (χ4v) is 1.80. The van der Waals surface area contributed by atoms with E-state index in [0.29, 0.717) is 6.54 Å². The maximum Gasteiger partial charge on any atom is 0.261 e. The zero-order chi connectivity index (χ0) is 11.4. The highest BCUT2D eigenvalue weighted by molar-refractivity contribution is 5.81. The number of para-hydroxylation sites is 1. The number of ether oxygens (including phenoxy) is 1. The van der Waals surface area contributed by atoms with Gasteiger partial charge < -0.3 is 10.1 Å². The third-order valence-corrected chi connectivity index (χ3v) is 2.63. The van der Waals surface area contributed by atoms with Crippen molar-refractivity contribution in [1.82, 2.24) is 5.32 Å². The van der Waals surface area contributed by atoms with Gasteiger partial charge >= 0.3 is 0 Å². The maximum atomic E-state index is 11.7. The molecule has 3 nitrogen and oxygen atoms in total. The zero-order valence-electron chi connectivity index (χ0n) is 9.11. The third-order valence-electron chi connectivity index (χ3n) is 2.63. The van der Waals surface area contributed by atoms with E-state index in [2.05, 4.69) is 11.9 Å². The van der Waals surface area contributed by atoms with Crippen LogP contribution in [0.4, 0.5) is 0 Å². The van der Waals surface area contributed by atoms with Gasteiger partial charge in [-0.15, -0.1) is 6.58 Å². The van der Waals surface area contributed by atoms with Crippen LogP contribution in [0.1, 0.15) is 12.0 Å². The van der Waals surface area contributed by atoms with Crippen LogP contribution in [0.5, 0.6) is 5.75 Å². The summed E-state index contributed by atoms with van der Waals surface area (Å²) in [6.07, 6.45) is 2.92. The highest BCUT2D eigenvalue weighted by Crippen LogP contribution is 2.26. The van der Waals surface area contributed by atoms with Crippen LogP contribution in [0.25, 0.3) is 0 Å². The molecule has 0 spiro atoms. The van der Waals surface area contributed by atoms with Gasteiger partial charge in [-0.05, 0) is 24.5 Å².